The summed E-state index contributed by atoms with van der Waals surface area (Å²) in [6.45, 7) is 9.69. The molecule has 1 aliphatic rings. The lowest BCUT2D eigenvalue weighted by atomic mass is 9.95. The zero-order chi connectivity index (χ0) is 26.9. The van der Waals surface area contributed by atoms with Crippen LogP contribution in [-0.2, 0) is 9.53 Å². The van der Waals surface area contributed by atoms with Gasteiger partial charge in [-0.3, -0.25) is 9.36 Å². The summed E-state index contributed by atoms with van der Waals surface area (Å²) >= 11 is 3.50. The van der Waals surface area contributed by atoms with Crippen molar-refractivity contribution in [2.24, 2.45) is 4.99 Å². The average Bonchev–Trinajstić information content (AvgIpc) is 3.14. The molecular formula is C28H29IN2O5S. The van der Waals surface area contributed by atoms with Crippen molar-refractivity contribution >= 4 is 46.0 Å². The monoisotopic (exact) mass is 632 g/mol. The zero-order valence-corrected chi connectivity index (χ0v) is 24.6. The molecule has 0 unspecified atom stereocenters. The predicted octanol–water partition coefficient (Wildman–Crippen LogP) is 4.51. The molecule has 0 saturated carbocycles. The van der Waals surface area contributed by atoms with E-state index in [1.54, 1.807) is 25.5 Å². The Morgan fingerprint density at radius 2 is 1.92 bits per heavy atom. The minimum Gasteiger partial charge on any atom is -0.493 e. The molecule has 7 nitrogen and oxygen atoms in total. The van der Waals surface area contributed by atoms with E-state index >= 15 is 0 Å². The smallest absolute Gasteiger partial charge is 0.338 e. The van der Waals surface area contributed by atoms with Crippen LogP contribution in [0.25, 0.3) is 6.08 Å². The first-order valence-electron chi connectivity index (χ1n) is 11.9. The summed E-state index contributed by atoms with van der Waals surface area (Å²) in [7, 11) is 1.59. The molecule has 0 aliphatic carbocycles. The van der Waals surface area contributed by atoms with Crippen LogP contribution in [0.4, 0.5) is 0 Å². The van der Waals surface area contributed by atoms with E-state index in [9.17, 15) is 9.59 Å². The molecule has 37 heavy (non-hydrogen) atoms. The summed E-state index contributed by atoms with van der Waals surface area (Å²) in [5.74, 6) is 0.798. The zero-order valence-electron chi connectivity index (χ0n) is 21.6. The van der Waals surface area contributed by atoms with Gasteiger partial charge in [0, 0.05) is 0 Å². The highest BCUT2D eigenvalue weighted by atomic mass is 127. The molecule has 1 aliphatic heterocycles. The molecule has 0 amide bonds. The molecule has 2 aromatic carbocycles. The number of aromatic nitrogens is 1. The summed E-state index contributed by atoms with van der Waals surface area (Å²) in [5.41, 5.74) is 3.40. The van der Waals surface area contributed by atoms with Crippen LogP contribution in [0.5, 0.6) is 11.5 Å². The molecule has 0 bridgehead atoms. The molecule has 2 heterocycles. The van der Waals surface area contributed by atoms with Crippen molar-refractivity contribution in [2.75, 3.05) is 13.7 Å². The SMILES string of the molecule is CCOC(=O)C1=C(C)N=c2s/c(=C\c3cc(I)c(OC(C)C)c(OC)c3)c(=O)n2[C@@H]1c1ccc(C)cc1. The quantitative estimate of drug-likeness (QED) is 0.283. The Bertz CT molecular complexity index is 1550. The van der Waals surface area contributed by atoms with E-state index in [4.69, 9.17) is 14.2 Å². The number of rotatable bonds is 7. The number of fused-ring (bicyclic) bond motifs is 1. The number of allylic oxidation sites excluding steroid dienone is 1. The van der Waals surface area contributed by atoms with Gasteiger partial charge in [0.1, 0.15) is 0 Å². The van der Waals surface area contributed by atoms with E-state index in [1.807, 2.05) is 63.2 Å². The molecule has 0 saturated heterocycles. The molecule has 9 heteroatoms. The number of carbonyl (C=O) groups excluding carboxylic acids is 1. The third-order valence-electron chi connectivity index (χ3n) is 5.81. The fraction of sp³-hybridized carbons (Fsp3) is 0.321. The van der Waals surface area contributed by atoms with Crippen LogP contribution in [0.1, 0.15) is 50.4 Å². The number of ether oxygens (including phenoxy) is 3. The van der Waals surface area contributed by atoms with Crippen molar-refractivity contribution in [3.05, 3.63) is 87.6 Å². The number of halogens is 1. The van der Waals surface area contributed by atoms with E-state index in [0.29, 0.717) is 32.1 Å². The average molecular weight is 633 g/mol. The van der Waals surface area contributed by atoms with Gasteiger partial charge in [0.25, 0.3) is 5.56 Å². The number of benzene rings is 2. The van der Waals surface area contributed by atoms with Gasteiger partial charge in [0.05, 0.1) is 45.2 Å². The Balaban J connectivity index is 1.91. The summed E-state index contributed by atoms with van der Waals surface area (Å²) in [4.78, 5) is 32.0. The first kappa shape index (κ1) is 27.1. The summed E-state index contributed by atoms with van der Waals surface area (Å²) in [6, 6.07) is 11.0. The maximum absolute atomic E-state index is 13.8. The van der Waals surface area contributed by atoms with Crippen LogP contribution in [-0.4, -0.2) is 30.4 Å². The summed E-state index contributed by atoms with van der Waals surface area (Å²) in [6.07, 6.45) is 1.82. The number of thiazole rings is 1. The lowest BCUT2D eigenvalue weighted by molar-refractivity contribution is -0.139. The molecule has 0 fully saturated rings. The molecule has 0 radical (unpaired) electrons. The van der Waals surface area contributed by atoms with Crippen LogP contribution < -0.4 is 24.4 Å². The van der Waals surface area contributed by atoms with Gasteiger partial charge < -0.3 is 14.2 Å². The summed E-state index contributed by atoms with van der Waals surface area (Å²) in [5, 5.41) is 0. The van der Waals surface area contributed by atoms with Crippen molar-refractivity contribution in [2.45, 2.75) is 46.8 Å². The van der Waals surface area contributed by atoms with Gasteiger partial charge in [-0.05, 0) is 86.5 Å². The number of carbonyl (C=O) groups is 1. The van der Waals surface area contributed by atoms with Gasteiger partial charge >= 0.3 is 5.97 Å². The van der Waals surface area contributed by atoms with E-state index in [-0.39, 0.29) is 18.3 Å². The van der Waals surface area contributed by atoms with Gasteiger partial charge in [-0.15, -0.1) is 0 Å². The van der Waals surface area contributed by atoms with Crippen molar-refractivity contribution in [3.63, 3.8) is 0 Å². The minimum atomic E-state index is -0.630. The van der Waals surface area contributed by atoms with Gasteiger partial charge in [-0.1, -0.05) is 41.2 Å². The van der Waals surface area contributed by atoms with Gasteiger partial charge in [-0.25, -0.2) is 9.79 Å². The number of aryl methyl sites for hydroxylation is 1. The maximum atomic E-state index is 13.8. The first-order chi connectivity index (χ1) is 17.6. The maximum Gasteiger partial charge on any atom is 0.338 e. The van der Waals surface area contributed by atoms with E-state index < -0.39 is 12.0 Å². The Morgan fingerprint density at radius 1 is 1.22 bits per heavy atom. The molecule has 4 rings (SSSR count). The third-order valence-corrected chi connectivity index (χ3v) is 7.60. The van der Waals surface area contributed by atoms with Crippen LogP contribution in [0.3, 0.4) is 0 Å². The normalized spacial score (nSPS) is 15.5. The number of nitrogens with zero attached hydrogens (tertiary/aromatic N) is 2. The minimum absolute atomic E-state index is 0.00411. The Morgan fingerprint density at radius 3 is 2.54 bits per heavy atom. The van der Waals surface area contributed by atoms with Crippen LogP contribution in [0.2, 0.25) is 0 Å². The van der Waals surface area contributed by atoms with E-state index in [0.717, 1.165) is 20.3 Å². The second kappa shape index (κ2) is 11.2. The lowest BCUT2D eigenvalue weighted by Gasteiger charge is -2.24. The molecule has 1 aromatic heterocycles. The van der Waals surface area contributed by atoms with Crippen molar-refractivity contribution in [1.82, 2.24) is 4.57 Å². The second-order valence-electron chi connectivity index (χ2n) is 8.91. The molecule has 3 aromatic rings. The number of methoxy groups -OCH3 is 1. The first-order valence-corrected chi connectivity index (χ1v) is 13.8. The van der Waals surface area contributed by atoms with Gasteiger partial charge in [0.15, 0.2) is 16.3 Å². The van der Waals surface area contributed by atoms with Crippen molar-refractivity contribution in [1.29, 1.82) is 0 Å². The standard InChI is InChI=1S/C28H29IN2O5S/c1-7-35-27(33)23-17(5)30-28-31(24(23)19-10-8-16(4)9-11-19)26(32)22(37-28)14-18-12-20(29)25(36-15(2)3)21(13-18)34-6/h8-15,24H,7H2,1-6H3/b22-14-/t24-/m1/s1. The van der Waals surface area contributed by atoms with E-state index in [1.165, 1.54) is 11.3 Å². The summed E-state index contributed by atoms with van der Waals surface area (Å²) < 4.78 is 19.8. The van der Waals surface area contributed by atoms with Crippen molar-refractivity contribution in [3.8, 4) is 11.5 Å². The third kappa shape index (κ3) is 5.52. The Hall–Kier alpha value is -2.92. The van der Waals surface area contributed by atoms with Crippen molar-refractivity contribution < 1.29 is 19.0 Å². The van der Waals surface area contributed by atoms with Gasteiger partial charge in [-0.2, -0.15) is 0 Å². The number of hydrogen-bond acceptors (Lipinski definition) is 7. The van der Waals surface area contributed by atoms with Crippen LogP contribution in [0, 0.1) is 10.5 Å². The lowest BCUT2D eigenvalue weighted by Crippen LogP contribution is -2.39. The largest absolute Gasteiger partial charge is 0.493 e. The highest BCUT2D eigenvalue weighted by Gasteiger charge is 2.33. The van der Waals surface area contributed by atoms with Crippen LogP contribution in [0.15, 0.2) is 57.5 Å². The molecule has 194 valence electrons. The predicted molar refractivity (Wildman–Crippen MR) is 153 cm³/mol. The van der Waals surface area contributed by atoms with Crippen LogP contribution >= 0.6 is 33.9 Å². The Kier molecular flexibility index (Phi) is 8.23. The highest BCUT2D eigenvalue weighted by Crippen LogP contribution is 2.35. The number of hydrogen-bond donors (Lipinski definition) is 0. The molecule has 1 atom stereocenters. The molecule has 0 spiro atoms. The molecular weight excluding hydrogens is 603 g/mol. The number of esters is 1. The topological polar surface area (TPSA) is 79.1 Å². The van der Waals surface area contributed by atoms with Gasteiger partial charge in [0.2, 0.25) is 0 Å². The second-order valence-corrected chi connectivity index (χ2v) is 11.1. The fourth-order valence-corrected chi connectivity index (χ4v) is 5.98. The fourth-order valence-electron chi connectivity index (χ4n) is 4.18. The highest BCUT2D eigenvalue weighted by molar-refractivity contribution is 14.1. The molecule has 0 N–H and O–H groups in total. The van der Waals surface area contributed by atoms with E-state index in [2.05, 4.69) is 27.6 Å². The Labute approximate surface area is 233 Å².